The average Bonchev–Trinajstić information content (AvgIpc) is 2.95. The minimum Gasteiger partial charge on any atom is -0.497 e. The maximum absolute atomic E-state index is 12.2. The minimum absolute atomic E-state index is 0.0881. The number of aromatic nitrogens is 2. The molecule has 6 nitrogen and oxygen atoms in total. The van der Waals surface area contributed by atoms with E-state index >= 15 is 0 Å². The van der Waals surface area contributed by atoms with Crippen molar-refractivity contribution in [2.75, 3.05) is 19.4 Å². The Morgan fingerprint density at radius 1 is 1.30 bits per heavy atom. The molecule has 0 aliphatic heterocycles. The highest BCUT2D eigenvalue weighted by molar-refractivity contribution is 7.99. The summed E-state index contributed by atoms with van der Waals surface area (Å²) < 4.78 is 5.13. The van der Waals surface area contributed by atoms with Crippen LogP contribution in [0.1, 0.15) is 16.0 Å². The van der Waals surface area contributed by atoms with Crippen LogP contribution in [0, 0.1) is 13.8 Å². The van der Waals surface area contributed by atoms with Crippen LogP contribution < -0.4 is 15.6 Å². The van der Waals surface area contributed by atoms with Gasteiger partial charge in [-0.2, -0.15) is 0 Å². The van der Waals surface area contributed by atoms with Crippen molar-refractivity contribution in [1.29, 1.82) is 0 Å². The van der Waals surface area contributed by atoms with Crippen molar-refractivity contribution in [3.63, 3.8) is 0 Å². The number of benzene rings is 1. The second kappa shape index (κ2) is 8.58. The Morgan fingerprint density at radius 3 is 2.74 bits per heavy atom. The number of aryl methyl sites for hydroxylation is 2. The number of thiophene rings is 1. The molecule has 1 aromatic carbocycles. The van der Waals surface area contributed by atoms with Gasteiger partial charge in [-0.1, -0.05) is 23.9 Å². The fraction of sp³-hybridized carbons (Fsp3) is 0.316. The molecule has 0 saturated carbocycles. The second-order valence-electron chi connectivity index (χ2n) is 6.07. The zero-order valence-electron chi connectivity index (χ0n) is 15.4. The summed E-state index contributed by atoms with van der Waals surface area (Å²) in [5, 5.41) is 4.00. The number of ether oxygens (including phenoxy) is 1. The lowest BCUT2D eigenvalue weighted by atomic mass is 10.1. The molecule has 2 N–H and O–H groups in total. The third kappa shape index (κ3) is 4.70. The van der Waals surface area contributed by atoms with Crippen LogP contribution in [-0.2, 0) is 11.2 Å². The Labute approximate surface area is 165 Å². The van der Waals surface area contributed by atoms with Gasteiger partial charge in [0, 0.05) is 11.4 Å². The number of methoxy groups -OCH3 is 1. The van der Waals surface area contributed by atoms with Gasteiger partial charge in [-0.3, -0.25) is 9.59 Å². The smallest absolute Gasteiger partial charge is 0.260 e. The van der Waals surface area contributed by atoms with E-state index < -0.39 is 0 Å². The van der Waals surface area contributed by atoms with Crippen molar-refractivity contribution in [2.24, 2.45) is 0 Å². The monoisotopic (exact) mass is 403 g/mol. The molecule has 0 aliphatic carbocycles. The largest absolute Gasteiger partial charge is 0.497 e. The van der Waals surface area contributed by atoms with Gasteiger partial charge in [-0.05, 0) is 43.5 Å². The number of hydrogen-bond donors (Lipinski definition) is 2. The quantitative estimate of drug-likeness (QED) is 0.468. The summed E-state index contributed by atoms with van der Waals surface area (Å²) in [4.78, 5) is 33.3. The Kier molecular flexibility index (Phi) is 6.18. The number of thioether (sulfide) groups is 1. The van der Waals surface area contributed by atoms with E-state index in [4.69, 9.17) is 4.74 Å². The summed E-state index contributed by atoms with van der Waals surface area (Å²) in [5.74, 6) is 0.934. The van der Waals surface area contributed by atoms with Crippen LogP contribution >= 0.6 is 23.1 Å². The Balaban J connectivity index is 1.51. The number of nitrogens with one attached hydrogen (secondary N) is 2. The van der Waals surface area contributed by atoms with Crippen LogP contribution in [0.5, 0.6) is 5.75 Å². The molecule has 0 bridgehead atoms. The standard InChI is InChI=1S/C19H21N3O3S2/c1-11-12(2)27-18-16(11)17(24)21-19(22-18)26-10-15(23)20-9-8-13-4-6-14(25-3)7-5-13/h4-7H,8-10H2,1-3H3,(H,20,23)(H,21,22,24). The number of aromatic amines is 1. The molecule has 0 unspecified atom stereocenters. The number of amides is 1. The first-order chi connectivity index (χ1) is 13.0. The van der Waals surface area contributed by atoms with Crippen LogP contribution in [0.25, 0.3) is 10.2 Å². The Bertz CT molecular complexity index is 1010. The molecule has 0 atom stereocenters. The minimum atomic E-state index is -0.149. The summed E-state index contributed by atoms with van der Waals surface area (Å²) in [6, 6.07) is 7.77. The molecule has 3 aromatic rings. The first-order valence-electron chi connectivity index (χ1n) is 8.50. The highest BCUT2D eigenvalue weighted by atomic mass is 32.2. The van der Waals surface area contributed by atoms with Crippen LogP contribution in [0.4, 0.5) is 0 Å². The summed E-state index contributed by atoms with van der Waals surface area (Å²) in [7, 11) is 1.63. The number of nitrogens with zero attached hydrogens (tertiary/aromatic N) is 1. The molecular formula is C19H21N3O3S2. The third-order valence-electron chi connectivity index (χ3n) is 4.25. The maximum Gasteiger partial charge on any atom is 0.260 e. The molecule has 0 saturated heterocycles. The van der Waals surface area contributed by atoms with E-state index in [9.17, 15) is 9.59 Å². The molecule has 1 amide bonds. The summed E-state index contributed by atoms with van der Waals surface area (Å²) in [6.07, 6.45) is 0.745. The Morgan fingerprint density at radius 2 is 2.04 bits per heavy atom. The van der Waals surface area contributed by atoms with Gasteiger partial charge in [-0.15, -0.1) is 11.3 Å². The SMILES string of the molecule is COc1ccc(CCNC(=O)CSc2nc3sc(C)c(C)c3c(=O)[nH]2)cc1. The fourth-order valence-corrected chi connectivity index (χ4v) is 4.41. The van der Waals surface area contributed by atoms with Crippen molar-refractivity contribution < 1.29 is 9.53 Å². The van der Waals surface area contributed by atoms with Gasteiger partial charge in [-0.25, -0.2) is 4.98 Å². The topological polar surface area (TPSA) is 84.1 Å². The van der Waals surface area contributed by atoms with Gasteiger partial charge < -0.3 is 15.0 Å². The molecular weight excluding hydrogens is 382 g/mol. The van der Waals surface area contributed by atoms with E-state index in [1.165, 1.54) is 23.1 Å². The van der Waals surface area contributed by atoms with Gasteiger partial charge in [0.05, 0.1) is 18.2 Å². The zero-order valence-corrected chi connectivity index (χ0v) is 17.1. The first-order valence-corrected chi connectivity index (χ1v) is 10.3. The van der Waals surface area contributed by atoms with Crippen LogP contribution in [0.15, 0.2) is 34.2 Å². The van der Waals surface area contributed by atoms with Crippen LogP contribution in [-0.4, -0.2) is 35.3 Å². The lowest BCUT2D eigenvalue weighted by molar-refractivity contribution is -0.118. The molecule has 3 rings (SSSR count). The van der Waals surface area contributed by atoms with Gasteiger partial charge in [0.1, 0.15) is 10.6 Å². The van der Waals surface area contributed by atoms with Crippen molar-refractivity contribution in [2.45, 2.75) is 25.4 Å². The van der Waals surface area contributed by atoms with Crippen molar-refractivity contribution >= 4 is 39.2 Å². The number of carbonyl (C=O) groups excluding carboxylic acids is 1. The number of hydrogen-bond acceptors (Lipinski definition) is 6. The van der Waals surface area contributed by atoms with E-state index in [1.807, 2.05) is 38.1 Å². The highest BCUT2D eigenvalue weighted by Crippen LogP contribution is 2.27. The van der Waals surface area contributed by atoms with Gasteiger partial charge >= 0.3 is 0 Å². The molecule has 0 fully saturated rings. The average molecular weight is 404 g/mol. The molecule has 0 radical (unpaired) electrons. The maximum atomic E-state index is 12.2. The number of fused-ring (bicyclic) bond motifs is 1. The normalized spacial score (nSPS) is 10.9. The van der Waals surface area contributed by atoms with Crippen molar-refractivity contribution in [1.82, 2.24) is 15.3 Å². The Hall–Kier alpha value is -2.32. The van der Waals surface area contributed by atoms with E-state index in [2.05, 4.69) is 15.3 Å². The number of H-pyrrole nitrogens is 1. The van der Waals surface area contributed by atoms with Crippen LogP contribution in [0.2, 0.25) is 0 Å². The number of rotatable bonds is 7. The predicted octanol–water partition coefficient (Wildman–Crippen LogP) is 3.06. The highest BCUT2D eigenvalue weighted by Gasteiger charge is 2.13. The lowest BCUT2D eigenvalue weighted by Crippen LogP contribution is -2.27. The van der Waals surface area contributed by atoms with E-state index in [0.29, 0.717) is 17.1 Å². The first kappa shape index (κ1) is 19.4. The lowest BCUT2D eigenvalue weighted by Gasteiger charge is -2.06. The van der Waals surface area contributed by atoms with Gasteiger partial charge in [0.2, 0.25) is 5.91 Å². The molecule has 8 heteroatoms. The van der Waals surface area contributed by atoms with E-state index in [0.717, 1.165) is 33.0 Å². The second-order valence-corrected chi connectivity index (χ2v) is 8.24. The molecule has 142 valence electrons. The number of carbonyl (C=O) groups is 1. The zero-order chi connectivity index (χ0) is 19.4. The molecule has 2 aromatic heterocycles. The molecule has 2 heterocycles. The molecule has 0 spiro atoms. The van der Waals surface area contributed by atoms with Gasteiger partial charge in [0.15, 0.2) is 5.16 Å². The van der Waals surface area contributed by atoms with Gasteiger partial charge in [0.25, 0.3) is 5.56 Å². The summed E-state index contributed by atoms with van der Waals surface area (Å²) in [6.45, 7) is 4.45. The van der Waals surface area contributed by atoms with E-state index in [-0.39, 0.29) is 17.2 Å². The summed E-state index contributed by atoms with van der Waals surface area (Å²) >= 11 is 2.74. The van der Waals surface area contributed by atoms with Crippen molar-refractivity contribution in [3.05, 3.63) is 50.6 Å². The van der Waals surface area contributed by atoms with Crippen LogP contribution in [0.3, 0.4) is 0 Å². The van der Waals surface area contributed by atoms with Crippen molar-refractivity contribution in [3.8, 4) is 5.75 Å². The third-order valence-corrected chi connectivity index (χ3v) is 6.23. The predicted molar refractivity (Wildman–Crippen MR) is 110 cm³/mol. The molecule has 0 aliphatic rings. The van der Waals surface area contributed by atoms with E-state index in [1.54, 1.807) is 7.11 Å². The summed E-state index contributed by atoms with van der Waals surface area (Å²) in [5.41, 5.74) is 1.95. The molecule has 27 heavy (non-hydrogen) atoms. The fourth-order valence-electron chi connectivity index (χ4n) is 2.63.